The van der Waals surface area contributed by atoms with Crippen LogP contribution in [0.2, 0.25) is 0 Å². The van der Waals surface area contributed by atoms with Gasteiger partial charge in [-0.25, -0.2) is 4.39 Å². The Labute approximate surface area is 124 Å². The van der Waals surface area contributed by atoms with Crippen LogP contribution in [0, 0.1) is 12.7 Å². The first-order valence-electron chi connectivity index (χ1n) is 7.04. The number of halogens is 1. The molecule has 1 unspecified atom stereocenters. The summed E-state index contributed by atoms with van der Waals surface area (Å²) in [6.07, 6.45) is 1.72. The number of hydrogen-bond acceptors (Lipinski definition) is 3. The summed E-state index contributed by atoms with van der Waals surface area (Å²) in [4.78, 5) is 0. The van der Waals surface area contributed by atoms with Crippen LogP contribution in [0.5, 0.6) is 5.75 Å². The number of rotatable bonds is 5. The lowest BCUT2D eigenvalue weighted by Crippen LogP contribution is -2.23. The van der Waals surface area contributed by atoms with Gasteiger partial charge >= 0.3 is 0 Å². The maximum atomic E-state index is 13.5. The predicted octanol–water partition coefficient (Wildman–Crippen LogP) is 3.23. The van der Waals surface area contributed by atoms with Crippen LogP contribution < -0.4 is 10.1 Å². The number of hydrogen-bond donors (Lipinski definition) is 1. The molecular weight excluding hydrogens is 269 g/mol. The maximum Gasteiger partial charge on any atom is 0.161 e. The zero-order valence-electron chi connectivity index (χ0n) is 13.1. The lowest BCUT2D eigenvalue weighted by atomic mass is 10.0. The predicted molar refractivity (Wildman–Crippen MR) is 81.2 cm³/mol. The molecule has 2 aromatic rings. The Balaban J connectivity index is 2.55. The van der Waals surface area contributed by atoms with Crippen molar-refractivity contribution in [2.75, 3.05) is 14.2 Å². The first-order chi connectivity index (χ1) is 9.99. The molecule has 0 aliphatic rings. The first kappa shape index (κ1) is 15.5. The van der Waals surface area contributed by atoms with Crippen LogP contribution in [0.15, 0.2) is 24.4 Å². The molecule has 2 rings (SSSR count). The second-order valence-corrected chi connectivity index (χ2v) is 5.37. The topological polar surface area (TPSA) is 39.1 Å². The third-order valence-corrected chi connectivity index (χ3v) is 3.59. The molecule has 21 heavy (non-hydrogen) atoms. The standard InChI is InChI=1S/C16H22FN3O/c1-10(2)20-16(14(21-5)9-19-20)15(18-4)12-6-7-13(17)11(3)8-12/h6-10,15,18H,1-5H3. The van der Waals surface area contributed by atoms with Gasteiger partial charge in [-0.05, 0) is 45.0 Å². The summed E-state index contributed by atoms with van der Waals surface area (Å²) in [5.41, 5.74) is 2.56. The van der Waals surface area contributed by atoms with Gasteiger partial charge in [-0.1, -0.05) is 12.1 Å². The van der Waals surface area contributed by atoms with Gasteiger partial charge in [0.1, 0.15) is 11.5 Å². The molecule has 0 amide bonds. The normalized spacial score (nSPS) is 12.7. The van der Waals surface area contributed by atoms with Gasteiger partial charge in [-0.3, -0.25) is 4.68 Å². The van der Waals surface area contributed by atoms with Crippen LogP contribution in [-0.4, -0.2) is 23.9 Å². The Hall–Kier alpha value is -1.88. The third-order valence-electron chi connectivity index (χ3n) is 3.59. The minimum atomic E-state index is -0.196. The zero-order valence-corrected chi connectivity index (χ0v) is 13.1. The average Bonchev–Trinajstić information content (AvgIpc) is 2.87. The van der Waals surface area contributed by atoms with Gasteiger partial charge in [-0.2, -0.15) is 5.10 Å². The van der Waals surface area contributed by atoms with Gasteiger partial charge in [-0.15, -0.1) is 0 Å². The van der Waals surface area contributed by atoms with Crippen LogP contribution in [0.25, 0.3) is 0 Å². The van der Waals surface area contributed by atoms with E-state index in [1.165, 1.54) is 6.07 Å². The van der Waals surface area contributed by atoms with Crippen LogP contribution in [0.3, 0.4) is 0 Å². The van der Waals surface area contributed by atoms with Crippen molar-refractivity contribution in [3.63, 3.8) is 0 Å². The first-order valence-corrected chi connectivity index (χ1v) is 7.04. The van der Waals surface area contributed by atoms with Gasteiger partial charge in [0, 0.05) is 6.04 Å². The minimum Gasteiger partial charge on any atom is -0.493 e. The number of nitrogens with zero attached hydrogens (tertiary/aromatic N) is 2. The van der Waals surface area contributed by atoms with Crippen molar-refractivity contribution in [1.82, 2.24) is 15.1 Å². The van der Waals surface area contributed by atoms with E-state index in [2.05, 4.69) is 24.3 Å². The Morgan fingerprint density at radius 1 is 1.33 bits per heavy atom. The lowest BCUT2D eigenvalue weighted by molar-refractivity contribution is 0.396. The molecule has 0 saturated heterocycles. The minimum absolute atomic E-state index is 0.107. The summed E-state index contributed by atoms with van der Waals surface area (Å²) >= 11 is 0. The number of methoxy groups -OCH3 is 1. The van der Waals surface area contributed by atoms with E-state index in [4.69, 9.17) is 4.74 Å². The SMILES string of the molecule is CNC(c1ccc(F)c(C)c1)c1c(OC)cnn1C(C)C. The van der Waals surface area contributed by atoms with Gasteiger partial charge in [0.25, 0.3) is 0 Å². The average molecular weight is 291 g/mol. The molecule has 4 nitrogen and oxygen atoms in total. The monoisotopic (exact) mass is 291 g/mol. The molecule has 0 bridgehead atoms. The highest BCUT2D eigenvalue weighted by atomic mass is 19.1. The third kappa shape index (κ3) is 2.93. The number of aromatic nitrogens is 2. The van der Waals surface area contributed by atoms with E-state index in [0.29, 0.717) is 5.56 Å². The molecular formula is C16H22FN3O. The fourth-order valence-corrected chi connectivity index (χ4v) is 2.51. The quantitative estimate of drug-likeness (QED) is 0.919. The van der Waals surface area contributed by atoms with Crippen molar-refractivity contribution >= 4 is 0 Å². The van der Waals surface area contributed by atoms with Gasteiger partial charge in [0.2, 0.25) is 0 Å². The van der Waals surface area contributed by atoms with Crippen LogP contribution in [-0.2, 0) is 0 Å². The van der Waals surface area contributed by atoms with Crippen LogP contribution >= 0.6 is 0 Å². The number of aryl methyl sites for hydroxylation is 1. The van der Waals surface area contributed by atoms with E-state index in [9.17, 15) is 4.39 Å². The molecule has 1 atom stereocenters. The number of benzene rings is 1. The Kier molecular flexibility index (Phi) is 4.63. The van der Waals surface area contributed by atoms with E-state index in [0.717, 1.165) is 17.0 Å². The highest BCUT2D eigenvalue weighted by molar-refractivity contribution is 5.38. The highest BCUT2D eigenvalue weighted by Gasteiger charge is 2.24. The van der Waals surface area contributed by atoms with Crippen molar-refractivity contribution in [2.45, 2.75) is 32.9 Å². The summed E-state index contributed by atoms with van der Waals surface area (Å²) < 4.78 is 20.9. The fourth-order valence-electron chi connectivity index (χ4n) is 2.51. The smallest absolute Gasteiger partial charge is 0.161 e. The molecule has 5 heteroatoms. The molecule has 0 fully saturated rings. The van der Waals surface area contributed by atoms with E-state index < -0.39 is 0 Å². The molecule has 1 heterocycles. The number of nitrogens with one attached hydrogen (secondary N) is 1. The molecule has 0 spiro atoms. The molecule has 0 aliphatic heterocycles. The van der Waals surface area contributed by atoms with Crippen LogP contribution in [0.4, 0.5) is 4.39 Å². The maximum absolute atomic E-state index is 13.5. The molecule has 1 N–H and O–H groups in total. The molecule has 1 aromatic heterocycles. The summed E-state index contributed by atoms with van der Waals surface area (Å²) in [7, 11) is 3.51. The van der Waals surface area contributed by atoms with E-state index in [-0.39, 0.29) is 17.9 Å². The van der Waals surface area contributed by atoms with Gasteiger partial charge in [0.15, 0.2) is 5.75 Å². The summed E-state index contributed by atoms with van der Waals surface area (Å²) in [6, 6.07) is 5.25. The van der Waals surface area contributed by atoms with Gasteiger partial charge in [0.05, 0.1) is 19.3 Å². The van der Waals surface area contributed by atoms with Gasteiger partial charge < -0.3 is 10.1 Å². The summed E-state index contributed by atoms with van der Waals surface area (Å²) in [5, 5.41) is 7.67. The molecule has 114 valence electrons. The van der Waals surface area contributed by atoms with E-state index >= 15 is 0 Å². The van der Waals surface area contributed by atoms with Crippen LogP contribution in [0.1, 0.15) is 42.8 Å². The van der Waals surface area contributed by atoms with E-state index in [1.807, 2.05) is 17.8 Å². The second kappa shape index (κ2) is 6.26. The number of ether oxygens (including phenoxy) is 1. The summed E-state index contributed by atoms with van der Waals surface area (Å²) in [5.74, 6) is 0.531. The molecule has 0 saturated carbocycles. The fraction of sp³-hybridized carbons (Fsp3) is 0.438. The molecule has 0 aliphatic carbocycles. The summed E-state index contributed by atoms with van der Waals surface area (Å²) in [6.45, 7) is 5.90. The Morgan fingerprint density at radius 2 is 2.05 bits per heavy atom. The largest absolute Gasteiger partial charge is 0.493 e. The molecule has 0 radical (unpaired) electrons. The van der Waals surface area contributed by atoms with Crippen molar-refractivity contribution in [3.05, 3.63) is 47.0 Å². The highest BCUT2D eigenvalue weighted by Crippen LogP contribution is 2.32. The zero-order chi connectivity index (χ0) is 15.6. The Morgan fingerprint density at radius 3 is 2.57 bits per heavy atom. The van der Waals surface area contributed by atoms with Crippen molar-refractivity contribution < 1.29 is 9.13 Å². The van der Waals surface area contributed by atoms with E-state index in [1.54, 1.807) is 26.3 Å². The second-order valence-electron chi connectivity index (χ2n) is 5.37. The van der Waals surface area contributed by atoms with Crippen molar-refractivity contribution in [2.24, 2.45) is 0 Å². The van der Waals surface area contributed by atoms with Crippen molar-refractivity contribution in [1.29, 1.82) is 0 Å². The Bertz CT molecular complexity index is 622. The van der Waals surface area contributed by atoms with Crippen molar-refractivity contribution in [3.8, 4) is 5.75 Å². The molecule has 1 aromatic carbocycles. The lowest BCUT2D eigenvalue weighted by Gasteiger charge is -2.22.